The lowest BCUT2D eigenvalue weighted by atomic mass is 10.2. The first-order valence-corrected chi connectivity index (χ1v) is 9.16. The lowest BCUT2D eigenvalue weighted by molar-refractivity contribution is -0.132. The van der Waals surface area contributed by atoms with Crippen molar-refractivity contribution in [3.8, 4) is 0 Å². The number of hydrogen-bond acceptors (Lipinski definition) is 4. The Kier molecular flexibility index (Phi) is 6.56. The van der Waals surface area contributed by atoms with Crippen molar-refractivity contribution >= 4 is 23.4 Å². The van der Waals surface area contributed by atoms with Crippen molar-refractivity contribution < 1.29 is 23.5 Å². The van der Waals surface area contributed by atoms with E-state index in [0.29, 0.717) is 11.3 Å². The van der Waals surface area contributed by atoms with Gasteiger partial charge in [0.05, 0.1) is 6.61 Å². The van der Waals surface area contributed by atoms with E-state index in [0.717, 1.165) is 0 Å². The number of carbonyl (C=O) groups is 3. The third kappa shape index (κ3) is 4.97. The topological polar surface area (TPSA) is 70.2 Å². The number of benzene rings is 2. The molecule has 1 fully saturated rings. The molecule has 0 N–H and O–H groups in total. The minimum Gasteiger partial charge on any atom is -0.383 e. The molecule has 1 aliphatic rings. The van der Waals surface area contributed by atoms with Crippen LogP contribution in [0.5, 0.6) is 0 Å². The van der Waals surface area contributed by atoms with Crippen LogP contribution < -0.4 is 4.90 Å². The highest BCUT2D eigenvalue weighted by Crippen LogP contribution is 2.20. The van der Waals surface area contributed by atoms with E-state index >= 15 is 0 Å². The van der Waals surface area contributed by atoms with Gasteiger partial charge in [0.1, 0.15) is 25.6 Å². The summed E-state index contributed by atoms with van der Waals surface area (Å²) in [5.74, 6) is -1.29. The summed E-state index contributed by atoms with van der Waals surface area (Å²) in [6.45, 7) is 0.336. The first-order chi connectivity index (χ1) is 14.0. The van der Waals surface area contributed by atoms with Crippen LogP contribution in [0, 0.1) is 5.82 Å². The first-order valence-electron chi connectivity index (χ1n) is 9.16. The van der Waals surface area contributed by atoms with Crippen LogP contribution in [0.25, 0.3) is 0 Å². The van der Waals surface area contributed by atoms with Crippen LogP contribution in [0.1, 0.15) is 10.4 Å². The average molecular weight is 399 g/mol. The summed E-state index contributed by atoms with van der Waals surface area (Å²) in [6, 6.07) is 14.2. The molecule has 0 aromatic heterocycles. The minimum atomic E-state index is -0.401. The van der Waals surface area contributed by atoms with E-state index < -0.39 is 5.82 Å². The van der Waals surface area contributed by atoms with Gasteiger partial charge >= 0.3 is 0 Å². The number of rotatable bonds is 7. The molecule has 0 bridgehead atoms. The standard InChI is InChI=1S/C21H22FN3O4/c1-29-12-11-23(21(28)16-5-3-2-4-6-16)13-19(26)24-14-20(27)25(15-24)18-9-7-17(22)8-10-18/h2-10H,11-15H2,1H3. The molecule has 29 heavy (non-hydrogen) atoms. The van der Waals surface area contributed by atoms with Gasteiger partial charge in [-0.3, -0.25) is 19.3 Å². The van der Waals surface area contributed by atoms with Crippen molar-refractivity contribution in [2.45, 2.75) is 0 Å². The number of carbonyl (C=O) groups excluding carboxylic acids is 3. The molecule has 3 rings (SSSR count). The van der Waals surface area contributed by atoms with Crippen LogP contribution >= 0.6 is 0 Å². The number of halogens is 1. The molecule has 2 aromatic carbocycles. The van der Waals surface area contributed by atoms with Gasteiger partial charge in [0.25, 0.3) is 5.91 Å². The smallest absolute Gasteiger partial charge is 0.254 e. The van der Waals surface area contributed by atoms with E-state index in [2.05, 4.69) is 0 Å². The number of anilines is 1. The second-order valence-corrected chi connectivity index (χ2v) is 6.62. The maximum atomic E-state index is 13.1. The van der Waals surface area contributed by atoms with Crippen molar-refractivity contribution in [1.82, 2.24) is 9.80 Å². The Hall–Kier alpha value is -3.26. The summed E-state index contributed by atoms with van der Waals surface area (Å²) < 4.78 is 18.2. The molecule has 0 unspecified atom stereocenters. The predicted molar refractivity (Wildman–Crippen MR) is 105 cm³/mol. The quantitative estimate of drug-likeness (QED) is 0.711. The average Bonchev–Trinajstić information content (AvgIpc) is 3.13. The van der Waals surface area contributed by atoms with Gasteiger partial charge in [-0.1, -0.05) is 18.2 Å². The Bertz CT molecular complexity index is 873. The summed E-state index contributed by atoms with van der Waals surface area (Å²) in [5, 5.41) is 0. The number of amides is 3. The SMILES string of the molecule is COCCN(CC(=O)N1CC(=O)N(c2ccc(F)cc2)C1)C(=O)c1ccccc1. The van der Waals surface area contributed by atoms with E-state index in [9.17, 15) is 18.8 Å². The van der Waals surface area contributed by atoms with Crippen LogP contribution in [0.3, 0.4) is 0 Å². The molecule has 8 heteroatoms. The zero-order valence-corrected chi connectivity index (χ0v) is 16.1. The normalized spacial score (nSPS) is 13.7. The third-order valence-electron chi connectivity index (χ3n) is 4.63. The fraction of sp³-hybridized carbons (Fsp3) is 0.286. The van der Waals surface area contributed by atoms with Crippen molar-refractivity contribution in [3.05, 3.63) is 66.0 Å². The van der Waals surface area contributed by atoms with Gasteiger partial charge in [-0.05, 0) is 36.4 Å². The largest absolute Gasteiger partial charge is 0.383 e. The maximum absolute atomic E-state index is 13.1. The lowest BCUT2D eigenvalue weighted by Crippen LogP contribution is -2.44. The van der Waals surface area contributed by atoms with Gasteiger partial charge in [-0.15, -0.1) is 0 Å². The molecule has 1 heterocycles. The number of ether oxygens (including phenoxy) is 1. The van der Waals surface area contributed by atoms with E-state index in [-0.39, 0.29) is 50.6 Å². The predicted octanol–water partition coefficient (Wildman–Crippen LogP) is 1.75. The van der Waals surface area contributed by atoms with E-state index in [4.69, 9.17) is 4.74 Å². The minimum absolute atomic E-state index is 0.0565. The summed E-state index contributed by atoms with van der Waals surface area (Å²) in [5.41, 5.74) is 0.991. The van der Waals surface area contributed by atoms with Crippen LogP contribution in [0.15, 0.2) is 54.6 Å². The van der Waals surface area contributed by atoms with Gasteiger partial charge in [-0.2, -0.15) is 0 Å². The molecule has 0 spiro atoms. The second kappa shape index (κ2) is 9.29. The molecule has 7 nitrogen and oxygen atoms in total. The highest BCUT2D eigenvalue weighted by atomic mass is 19.1. The van der Waals surface area contributed by atoms with E-state index in [1.165, 1.54) is 46.1 Å². The number of nitrogens with zero attached hydrogens (tertiary/aromatic N) is 3. The molecule has 0 atom stereocenters. The zero-order chi connectivity index (χ0) is 20.8. The second-order valence-electron chi connectivity index (χ2n) is 6.62. The zero-order valence-electron chi connectivity index (χ0n) is 16.1. The Morgan fingerprint density at radius 1 is 1.10 bits per heavy atom. The maximum Gasteiger partial charge on any atom is 0.254 e. The Morgan fingerprint density at radius 3 is 2.45 bits per heavy atom. The van der Waals surface area contributed by atoms with Crippen molar-refractivity contribution in [3.63, 3.8) is 0 Å². The molecule has 0 aliphatic carbocycles. The molecular formula is C21H22FN3O4. The molecule has 3 amide bonds. The van der Waals surface area contributed by atoms with Crippen LogP contribution in [-0.2, 0) is 14.3 Å². The summed E-state index contributed by atoms with van der Waals surface area (Å²) in [7, 11) is 1.52. The number of methoxy groups -OCH3 is 1. The van der Waals surface area contributed by atoms with Gasteiger partial charge in [-0.25, -0.2) is 4.39 Å². The molecule has 1 saturated heterocycles. The fourth-order valence-corrected chi connectivity index (χ4v) is 3.04. The van der Waals surface area contributed by atoms with Crippen molar-refractivity contribution in [2.75, 3.05) is 44.9 Å². The monoisotopic (exact) mass is 399 g/mol. The summed E-state index contributed by atoms with van der Waals surface area (Å²) >= 11 is 0. The fourth-order valence-electron chi connectivity index (χ4n) is 3.04. The van der Waals surface area contributed by atoms with E-state index in [1.807, 2.05) is 0 Å². The molecular weight excluding hydrogens is 377 g/mol. The van der Waals surface area contributed by atoms with Gasteiger partial charge < -0.3 is 14.5 Å². The van der Waals surface area contributed by atoms with Gasteiger partial charge in [0, 0.05) is 24.9 Å². The van der Waals surface area contributed by atoms with E-state index in [1.54, 1.807) is 30.3 Å². The Labute approximate surface area is 168 Å². The summed E-state index contributed by atoms with van der Waals surface area (Å²) in [4.78, 5) is 42.1. The van der Waals surface area contributed by atoms with Crippen LogP contribution in [-0.4, -0.2) is 67.5 Å². The number of hydrogen-bond donors (Lipinski definition) is 0. The molecule has 2 aromatic rings. The van der Waals surface area contributed by atoms with Gasteiger partial charge in [0.2, 0.25) is 11.8 Å². The molecule has 0 saturated carbocycles. The Morgan fingerprint density at radius 2 is 1.79 bits per heavy atom. The lowest BCUT2D eigenvalue weighted by Gasteiger charge is -2.25. The van der Waals surface area contributed by atoms with Crippen molar-refractivity contribution in [1.29, 1.82) is 0 Å². The highest BCUT2D eigenvalue weighted by Gasteiger charge is 2.33. The first kappa shape index (κ1) is 20.5. The van der Waals surface area contributed by atoms with Gasteiger partial charge in [0.15, 0.2) is 0 Å². The third-order valence-corrected chi connectivity index (χ3v) is 4.63. The van der Waals surface area contributed by atoms with Crippen LogP contribution in [0.4, 0.5) is 10.1 Å². The Balaban J connectivity index is 1.68. The van der Waals surface area contributed by atoms with Crippen LogP contribution in [0.2, 0.25) is 0 Å². The summed E-state index contributed by atoms with van der Waals surface area (Å²) in [6.07, 6.45) is 0. The van der Waals surface area contributed by atoms with Crippen molar-refractivity contribution in [2.24, 2.45) is 0 Å². The molecule has 1 aliphatic heterocycles. The molecule has 152 valence electrons. The molecule has 0 radical (unpaired) electrons. The highest BCUT2D eigenvalue weighted by molar-refractivity contribution is 6.01.